The van der Waals surface area contributed by atoms with Crippen LogP contribution in [0.1, 0.15) is 19.3 Å². The SMILES string of the molecule is CN(C)C1CCCC(N(C)C)C1=O. The zero-order valence-electron chi connectivity index (χ0n) is 9.08. The zero-order chi connectivity index (χ0) is 10.0. The molecule has 2 atom stereocenters. The second-order valence-corrected chi connectivity index (χ2v) is 4.29. The van der Waals surface area contributed by atoms with Gasteiger partial charge in [-0.05, 0) is 47.5 Å². The van der Waals surface area contributed by atoms with Gasteiger partial charge in [-0.1, -0.05) is 0 Å². The third kappa shape index (κ3) is 2.29. The Balaban J connectivity index is 2.66. The predicted molar refractivity (Wildman–Crippen MR) is 53.8 cm³/mol. The first-order valence-corrected chi connectivity index (χ1v) is 4.90. The molecule has 0 N–H and O–H groups in total. The van der Waals surface area contributed by atoms with Crippen molar-refractivity contribution < 1.29 is 4.79 Å². The Labute approximate surface area is 80.7 Å². The molecule has 1 rings (SSSR count). The number of rotatable bonds is 2. The maximum atomic E-state index is 11.9. The molecular weight excluding hydrogens is 164 g/mol. The van der Waals surface area contributed by atoms with Gasteiger partial charge >= 0.3 is 0 Å². The van der Waals surface area contributed by atoms with E-state index in [0.29, 0.717) is 5.78 Å². The monoisotopic (exact) mass is 184 g/mol. The lowest BCUT2D eigenvalue weighted by Gasteiger charge is -2.34. The van der Waals surface area contributed by atoms with Gasteiger partial charge in [0.05, 0.1) is 12.1 Å². The highest BCUT2D eigenvalue weighted by atomic mass is 16.1. The van der Waals surface area contributed by atoms with Crippen LogP contribution in [-0.2, 0) is 4.79 Å². The first-order chi connectivity index (χ1) is 6.04. The molecule has 13 heavy (non-hydrogen) atoms. The van der Waals surface area contributed by atoms with Gasteiger partial charge < -0.3 is 0 Å². The summed E-state index contributed by atoms with van der Waals surface area (Å²) in [6.45, 7) is 0. The van der Waals surface area contributed by atoms with E-state index >= 15 is 0 Å². The van der Waals surface area contributed by atoms with Crippen molar-refractivity contribution in [2.75, 3.05) is 28.2 Å². The Bertz CT molecular complexity index is 171. The molecule has 0 heterocycles. The molecule has 1 aliphatic rings. The molecule has 0 aromatic rings. The zero-order valence-corrected chi connectivity index (χ0v) is 9.08. The minimum absolute atomic E-state index is 0.140. The van der Waals surface area contributed by atoms with Crippen molar-refractivity contribution in [3.05, 3.63) is 0 Å². The molecule has 3 nitrogen and oxygen atoms in total. The lowest BCUT2D eigenvalue weighted by molar-refractivity contribution is -0.130. The van der Waals surface area contributed by atoms with E-state index in [4.69, 9.17) is 0 Å². The third-order valence-corrected chi connectivity index (χ3v) is 2.86. The highest BCUT2D eigenvalue weighted by Crippen LogP contribution is 2.21. The summed E-state index contributed by atoms with van der Waals surface area (Å²) in [5.41, 5.74) is 0. The van der Waals surface area contributed by atoms with Crippen LogP contribution in [0.3, 0.4) is 0 Å². The molecule has 1 saturated carbocycles. The van der Waals surface area contributed by atoms with Crippen LogP contribution in [0.25, 0.3) is 0 Å². The van der Waals surface area contributed by atoms with E-state index < -0.39 is 0 Å². The van der Waals surface area contributed by atoms with Gasteiger partial charge in [0, 0.05) is 0 Å². The van der Waals surface area contributed by atoms with E-state index in [9.17, 15) is 4.79 Å². The molecule has 3 heteroatoms. The van der Waals surface area contributed by atoms with Crippen molar-refractivity contribution in [2.45, 2.75) is 31.3 Å². The number of hydrogen-bond acceptors (Lipinski definition) is 3. The van der Waals surface area contributed by atoms with Gasteiger partial charge in [0.25, 0.3) is 0 Å². The first-order valence-electron chi connectivity index (χ1n) is 4.90. The van der Waals surface area contributed by atoms with E-state index in [1.165, 1.54) is 0 Å². The van der Waals surface area contributed by atoms with Crippen LogP contribution in [-0.4, -0.2) is 55.9 Å². The Hall–Kier alpha value is -0.410. The van der Waals surface area contributed by atoms with Crippen LogP contribution in [0.15, 0.2) is 0 Å². The molecule has 76 valence electrons. The van der Waals surface area contributed by atoms with Crippen molar-refractivity contribution in [1.82, 2.24) is 9.80 Å². The van der Waals surface area contributed by atoms with E-state index in [0.717, 1.165) is 19.3 Å². The number of carbonyl (C=O) groups is 1. The van der Waals surface area contributed by atoms with Crippen LogP contribution >= 0.6 is 0 Å². The molecule has 0 bridgehead atoms. The maximum absolute atomic E-state index is 11.9. The number of ketones is 1. The average molecular weight is 184 g/mol. The minimum Gasteiger partial charge on any atom is -0.300 e. The Morgan fingerprint density at radius 1 is 1.00 bits per heavy atom. The maximum Gasteiger partial charge on any atom is 0.166 e. The highest BCUT2D eigenvalue weighted by molar-refractivity contribution is 5.89. The minimum atomic E-state index is 0.140. The molecule has 1 fully saturated rings. The van der Waals surface area contributed by atoms with Crippen molar-refractivity contribution in [3.63, 3.8) is 0 Å². The van der Waals surface area contributed by atoms with Crippen molar-refractivity contribution in [1.29, 1.82) is 0 Å². The van der Waals surface area contributed by atoms with Gasteiger partial charge in [0.15, 0.2) is 5.78 Å². The Morgan fingerprint density at radius 2 is 1.38 bits per heavy atom. The van der Waals surface area contributed by atoms with Crippen molar-refractivity contribution in [3.8, 4) is 0 Å². The lowest BCUT2D eigenvalue weighted by atomic mass is 9.88. The van der Waals surface area contributed by atoms with Crippen molar-refractivity contribution in [2.24, 2.45) is 0 Å². The van der Waals surface area contributed by atoms with Gasteiger partial charge in [0.1, 0.15) is 0 Å². The van der Waals surface area contributed by atoms with Crippen LogP contribution in [0, 0.1) is 0 Å². The van der Waals surface area contributed by atoms with Crippen LogP contribution in [0.4, 0.5) is 0 Å². The molecule has 0 aromatic heterocycles. The molecule has 0 amide bonds. The summed E-state index contributed by atoms with van der Waals surface area (Å²) in [6, 6.07) is 0.280. The van der Waals surface area contributed by atoms with Gasteiger partial charge in [-0.3, -0.25) is 14.6 Å². The molecule has 1 aliphatic carbocycles. The molecule has 0 spiro atoms. The largest absolute Gasteiger partial charge is 0.300 e. The second kappa shape index (κ2) is 4.20. The van der Waals surface area contributed by atoms with Crippen LogP contribution in [0.2, 0.25) is 0 Å². The number of Topliss-reactive ketones (excluding diaryl/α,β-unsaturated/α-hetero) is 1. The number of carbonyl (C=O) groups excluding carboxylic acids is 1. The fraction of sp³-hybridized carbons (Fsp3) is 0.900. The fourth-order valence-electron chi connectivity index (χ4n) is 2.04. The predicted octanol–water partition coefficient (Wildman–Crippen LogP) is 0.600. The van der Waals surface area contributed by atoms with Crippen LogP contribution < -0.4 is 0 Å². The molecule has 0 saturated heterocycles. The second-order valence-electron chi connectivity index (χ2n) is 4.29. The quantitative estimate of drug-likeness (QED) is 0.628. The van der Waals surface area contributed by atoms with E-state index in [2.05, 4.69) is 0 Å². The Kier molecular flexibility index (Phi) is 3.45. The van der Waals surface area contributed by atoms with E-state index in [1.54, 1.807) is 0 Å². The molecule has 0 radical (unpaired) electrons. The highest BCUT2D eigenvalue weighted by Gasteiger charge is 2.33. The Morgan fingerprint density at radius 3 is 1.69 bits per heavy atom. The summed E-state index contributed by atoms with van der Waals surface area (Å²) in [7, 11) is 7.95. The van der Waals surface area contributed by atoms with E-state index in [1.807, 2.05) is 38.0 Å². The molecular formula is C10H20N2O. The van der Waals surface area contributed by atoms with Crippen molar-refractivity contribution >= 4 is 5.78 Å². The van der Waals surface area contributed by atoms with Gasteiger partial charge in [-0.25, -0.2) is 0 Å². The standard InChI is InChI=1S/C10H20N2O/c1-11(2)8-6-5-7-9(10(8)13)12(3)4/h8-9H,5-7H2,1-4H3. The van der Waals surface area contributed by atoms with E-state index in [-0.39, 0.29) is 12.1 Å². The third-order valence-electron chi connectivity index (χ3n) is 2.86. The summed E-state index contributed by atoms with van der Waals surface area (Å²) in [6.07, 6.45) is 3.21. The molecule has 2 unspecified atom stereocenters. The van der Waals surface area contributed by atoms with Gasteiger partial charge in [0.2, 0.25) is 0 Å². The summed E-state index contributed by atoms with van der Waals surface area (Å²) < 4.78 is 0. The van der Waals surface area contributed by atoms with Gasteiger partial charge in [-0.15, -0.1) is 0 Å². The lowest BCUT2D eigenvalue weighted by Crippen LogP contribution is -2.50. The number of likely N-dealkylation sites (N-methyl/N-ethyl adjacent to an activating group) is 2. The molecule has 0 aliphatic heterocycles. The molecule has 0 aromatic carbocycles. The average Bonchev–Trinajstić information content (AvgIpc) is 2.03. The van der Waals surface area contributed by atoms with Crippen LogP contribution in [0.5, 0.6) is 0 Å². The first kappa shape index (κ1) is 10.7. The summed E-state index contributed by atoms with van der Waals surface area (Å²) in [4.78, 5) is 16.0. The summed E-state index contributed by atoms with van der Waals surface area (Å²) >= 11 is 0. The normalized spacial score (nSPS) is 30.2. The summed E-state index contributed by atoms with van der Waals surface area (Å²) in [5, 5.41) is 0. The summed E-state index contributed by atoms with van der Waals surface area (Å²) in [5.74, 6) is 0.390. The number of nitrogens with zero attached hydrogens (tertiary/aromatic N) is 2. The van der Waals surface area contributed by atoms with Gasteiger partial charge in [-0.2, -0.15) is 0 Å². The fourth-order valence-corrected chi connectivity index (χ4v) is 2.04. The smallest absolute Gasteiger partial charge is 0.166 e. The topological polar surface area (TPSA) is 23.6 Å². The number of hydrogen-bond donors (Lipinski definition) is 0.